The normalized spacial score (nSPS) is 18.9. The van der Waals surface area contributed by atoms with Crippen LogP contribution in [0.1, 0.15) is 12.8 Å². The monoisotopic (exact) mass is 266 g/mol. The summed E-state index contributed by atoms with van der Waals surface area (Å²) >= 11 is 0. The zero-order chi connectivity index (χ0) is 13.8. The SMILES string of the molecule is O=C(O)N1CCC[C@H](Oc2ccc([N+](=O)[O-])cc2)C1. The van der Waals surface area contributed by atoms with E-state index in [1.54, 1.807) is 0 Å². The van der Waals surface area contributed by atoms with Gasteiger partial charge in [-0.25, -0.2) is 4.79 Å². The van der Waals surface area contributed by atoms with Crippen molar-refractivity contribution in [2.75, 3.05) is 13.1 Å². The van der Waals surface area contributed by atoms with E-state index in [1.165, 1.54) is 29.2 Å². The zero-order valence-electron chi connectivity index (χ0n) is 10.2. The maximum atomic E-state index is 10.9. The Labute approximate surface area is 109 Å². The third-order valence-electron chi connectivity index (χ3n) is 3.00. The van der Waals surface area contributed by atoms with Crippen molar-refractivity contribution in [2.45, 2.75) is 18.9 Å². The number of non-ortho nitro benzene ring substituents is 1. The quantitative estimate of drug-likeness (QED) is 0.668. The van der Waals surface area contributed by atoms with Gasteiger partial charge in [0.25, 0.3) is 5.69 Å². The predicted molar refractivity (Wildman–Crippen MR) is 66.3 cm³/mol. The summed E-state index contributed by atoms with van der Waals surface area (Å²) in [5.41, 5.74) is 0.00292. The van der Waals surface area contributed by atoms with E-state index in [1.807, 2.05) is 0 Å². The molecule has 1 saturated heterocycles. The Bertz CT molecular complexity index is 474. The molecule has 0 radical (unpaired) electrons. The van der Waals surface area contributed by atoms with Crippen molar-refractivity contribution in [3.8, 4) is 5.75 Å². The van der Waals surface area contributed by atoms with Crippen LogP contribution >= 0.6 is 0 Å². The van der Waals surface area contributed by atoms with Crippen LogP contribution in [0.2, 0.25) is 0 Å². The van der Waals surface area contributed by atoms with Crippen LogP contribution in [-0.4, -0.2) is 40.2 Å². The summed E-state index contributed by atoms with van der Waals surface area (Å²) in [5, 5.41) is 19.4. The molecule has 0 aliphatic carbocycles. The van der Waals surface area contributed by atoms with E-state index < -0.39 is 11.0 Å². The molecule has 0 unspecified atom stereocenters. The molecular formula is C12H14N2O5. The van der Waals surface area contributed by atoms with Crippen LogP contribution in [0.25, 0.3) is 0 Å². The molecule has 1 fully saturated rings. The second-order valence-corrected chi connectivity index (χ2v) is 4.36. The van der Waals surface area contributed by atoms with E-state index in [2.05, 4.69) is 0 Å². The number of nitro groups is 1. The lowest BCUT2D eigenvalue weighted by atomic mass is 10.1. The van der Waals surface area contributed by atoms with Crippen LogP contribution in [0.5, 0.6) is 5.75 Å². The number of nitrogens with zero attached hydrogens (tertiary/aromatic N) is 2. The van der Waals surface area contributed by atoms with E-state index in [0.29, 0.717) is 18.8 Å². The molecule has 2 rings (SSSR count). The minimum absolute atomic E-state index is 0.00292. The Morgan fingerprint density at radius 3 is 2.68 bits per heavy atom. The van der Waals surface area contributed by atoms with Crippen LogP contribution in [0.4, 0.5) is 10.5 Å². The number of carboxylic acid groups (broad SMARTS) is 1. The molecule has 1 aromatic rings. The minimum Gasteiger partial charge on any atom is -0.489 e. The number of hydrogen-bond acceptors (Lipinski definition) is 4. The first kappa shape index (κ1) is 13.1. The van der Waals surface area contributed by atoms with Crippen molar-refractivity contribution >= 4 is 11.8 Å². The number of nitro benzene ring substituents is 1. The second-order valence-electron chi connectivity index (χ2n) is 4.36. The summed E-state index contributed by atoms with van der Waals surface area (Å²) in [4.78, 5) is 22.2. The Morgan fingerprint density at radius 1 is 1.42 bits per heavy atom. The Morgan fingerprint density at radius 2 is 2.11 bits per heavy atom. The van der Waals surface area contributed by atoms with Gasteiger partial charge in [0, 0.05) is 18.7 Å². The van der Waals surface area contributed by atoms with Crippen molar-refractivity contribution in [3.63, 3.8) is 0 Å². The van der Waals surface area contributed by atoms with Gasteiger partial charge < -0.3 is 14.7 Å². The van der Waals surface area contributed by atoms with Crippen molar-refractivity contribution in [1.82, 2.24) is 4.90 Å². The number of piperidine rings is 1. The van der Waals surface area contributed by atoms with Gasteiger partial charge in [0.05, 0.1) is 11.5 Å². The zero-order valence-corrected chi connectivity index (χ0v) is 10.2. The maximum Gasteiger partial charge on any atom is 0.407 e. The minimum atomic E-state index is -0.947. The molecule has 1 aliphatic heterocycles. The maximum absolute atomic E-state index is 10.9. The van der Waals surface area contributed by atoms with Crippen LogP contribution in [-0.2, 0) is 0 Å². The molecule has 1 aliphatic rings. The molecule has 0 saturated carbocycles. The van der Waals surface area contributed by atoms with Crippen LogP contribution in [0.3, 0.4) is 0 Å². The molecule has 7 heteroatoms. The number of likely N-dealkylation sites (tertiary alicyclic amines) is 1. The van der Waals surface area contributed by atoms with Crippen molar-refractivity contribution in [3.05, 3.63) is 34.4 Å². The second kappa shape index (κ2) is 5.55. The highest BCUT2D eigenvalue weighted by Gasteiger charge is 2.24. The molecule has 19 heavy (non-hydrogen) atoms. The van der Waals surface area contributed by atoms with E-state index in [4.69, 9.17) is 9.84 Å². The fraction of sp³-hybridized carbons (Fsp3) is 0.417. The Hall–Kier alpha value is -2.31. The Kier molecular flexibility index (Phi) is 3.84. The lowest BCUT2D eigenvalue weighted by Gasteiger charge is -2.30. The average Bonchev–Trinajstić information content (AvgIpc) is 2.39. The first-order valence-electron chi connectivity index (χ1n) is 5.95. The topological polar surface area (TPSA) is 92.9 Å². The molecule has 102 valence electrons. The molecular weight excluding hydrogens is 252 g/mol. The third kappa shape index (κ3) is 3.34. The lowest BCUT2D eigenvalue weighted by Crippen LogP contribution is -2.43. The average molecular weight is 266 g/mol. The van der Waals surface area contributed by atoms with Gasteiger partial charge in [-0.1, -0.05) is 0 Å². The third-order valence-corrected chi connectivity index (χ3v) is 3.00. The van der Waals surface area contributed by atoms with Crippen molar-refractivity contribution < 1.29 is 19.6 Å². The van der Waals surface area contributed by atoms with Gasteiger partial charge in [0.2, 0.25) is 0 Å². The number of ether oxygens (including phenoxy) is 1. The van der Waals surface area contributed by atoms with Gasteiger partial charge in [-0.15, -0.1) is 0 Å². The first-order chi connectivity index (χ1) is 9.06. The number of amides is 1. The molecule has 1 aromatic carbocycles. The fourth-order valence-corrected chi connectivity index (χ4v) is 2.05. The molecule has 7 nitrogen and oxygen atoms in total. The predicted octanol–water partition coefficient (Wildman–Crippen LogP) is 2.12. The van der Waals surface area contributed by atoms with Gasteiger partial charge in [0.15, 0.2) is 0 Å². The molecule has 0 spiro atoms. The molecule has 1 N–H and O–H groups in total. The molecule has 0 aromatic heterocycles. The van der Waals surface area contributed by atoms with E-state index in [0.717, 1.165) is 12.8 Å². The summed E-state index contributed by atoms with van der Waals surface area (Å²) in [6.45, 7) is 0.849. The first-order valence-corrected chi connectivity index (χ1v) is 5.95. The Balaban J connectivity index is 1.96. The van der Waals surface area contributed by atoms with Gasteiger partial charge in [-0.2, -0.15) is 0 Å². The molecule has 0 bridgehead atoms. The van der Waals surface area contributed by atoms with Gasteiger partial charge in [0.1, 0.15) is 11.9 Å². The summed E-state index contributed by atoms with van der Waals surface area (Å²) in [7, 11) is 0. The summed E-state index contributed by atoms with van der Waals surface area (Å²) < 4.78 is 5.64. The van der Waals surface area contributed by atoms with Gasteiger partial charge in [-0.3, -0.25) is 10.1 Å². The van der Waals surface area contributed by atoms with E-state index >= 15 is 0 Å². The van der Waals surface area contributed by atoms with E-state index in [9.17, 15) is 14.9 Å². The molecule has 1 atom stereocenters. The van der Waals surface area contributed by atoms with Crippen LogP contribution < -0.4 is 4.74 Å². The number of carbonyl (C=O) groups is 1. The molecule has 1 heterocycles. The number of hydrogen-bond donors (Lipinski definition) is 1. The largest absolute Gasteiger partial charge is 0.489 e. The lowest BCUT2D eigenvalue weighted by molar-refractivity contribution is -0.384. The van der Waals surface area contributed by atoms with Crippen LogP contribution in [0.15, 0.2) is 24.3 Å². The van der Waals surface area contributed by atoms with E-state index in [-0.39, 0.29) is 11.8 Å². The number of benzene rings is 1. The number of rotatable bonds is 3. The summed E-state index contributed by atoms with van der Waals surface area (Å²) in [6.07, 6.45) is 0.383. The fourth-order valence-electron chi connectivity index (χ4n) is 2.05. The highest BCUT2D eigenvalue weighted by atomic mass is 16.6. The van der Waals surface area contributed by atoms with Crippen LogP contribution in [0, 0.1) is 10.1 Å². The summed E-state index contributed by atoms with van der Waals surface area (Å²) in [5.74, 6) is 0.517. The highest BCUT2D eigenvalue weighted by molar-refractivity contribution is 5.65. The van der Waals surface area contributed by atoms with Gasteiger partial charge >= 0.3 is 6.09 Å². The van der Waals surface area contributed by atoms with Crippen molar-refractivity contribution in [1.29, 1.82) is 0 Å². The molecule has 1 amide bonds. The summed E-state index contributed by atoms with van der Waals surface area (Å²) in [6, 6.07) is 5.79. The highest BCUT2D eigenvalue weighted by Crippen LogP contribution is 2.21. The standard InChI is InChI=1S/C12H14N2O5/c15-12(16)13-7-1-2-11(8-13)19-10-5-3-9(4-6-10)14(17)18/h3-6,11H,1-2,7-8H2,(H,15,16)/t11-/m0/s1. The van der Waals surface area contributed by atoms with Gasteiger partial charge in [-0.05, 0) is 25.0 Å². The van der Waals surface area contributed by atoms with Crippen molar-refractivity contribution in [2.24, 2.45) is 0 Å². The smallest absolute Gasteiger partial charge is 0.407 e.